The lowest BCUT2D eigenvalue weighted by atomic mass is 9.49. The fourth-order valence-electron chi connectivity index (χ4n) is 5.20. The minimum Gasteiger partial charge on any atom is -0.409 e. The minimum absolute atomic E-state index is 0.102. The van der Waals surface area contributed by atoms with Gasteiger partial charge in [-0.05, 0) is 63.2 Å². The number of amidine groups is 1. The molecule has 4 aliphatic carbocycles. The third kappa shape index (κ3) is 1.98. The maximum Gasteiger partial charge on any atom is 0.229 e. The number of rotatable bonds is 3. The van der Waals surface area contributed by atoms with E-state index < -0.39 is 0 Å². The monoisotopic (exact) mass is 279 g/mol. The van der Waals surface area contributed by atoms with Gasteiger partial charge in [0.15, 0.2) is 5.84 Å². The molecular weight excluding hydrogens is 254 g/mol. The molecular formula is C15H25N3O2. The molecule has 0 aromatic carbocycles. The number of hydrogen-bond donors (Lipinski definition) is 2. The smallest absolute Gasteiger partial charge is 0.229 e. The van der Waals surface area contributed by atoms with E-state index in [1.807, 2.05) is 6.92 Å². The molecule has 0 saturated heterocycles. The first-order chi connectivity index (χ1) is 9.45. The summed E-state index contributed by atoms with van der Waals surface area (Å²) in [7, 11) is 1.78. The summed E-state index contributed by atoms with van der Waals surface area (Å²) < 4.78 is 0. The summed E-state index contributed by atoms with van der Waals surface area (Å²) in [6, 6.07) is -0.347. The molecule has 5 heteroatoms. The molecule has 3 N–H and O–H groups in total. The molecule has 0 aromatic heterocycles. The van der Waals surface area contributed by atoms with Gasteiger partial charge in [0.25, 0.3) is 0 Å². The Balaban J connectivity index is 1.80. The van der Waals surface area contributed by atoms with E-state index in [1.54, 1.807) is 11.9 Å². The summed E-state index contributed by atoms with van der Waals surface area (Å²) in [4.78, 5) is 14.7. The Kier molecular flexibility index (Phi) is 3.18. The van der Waals surface area contributed by atoms with Gasteiger partial charge >= 0.3 is 0 Å². The van der Waals surface area contributed by atoms with Gasteiger partial charge in [0.1, 0.15) is 0 Å². The number of nitrogens with two attached hydrogens (primary N) is 1. The van der Waals surface area contributed by atoms with Gasteiger partial charge in [-0.3, -0.25) is 4.79 Å². The molecule has 4 aliphatic rings. The Morgan fingerprint density at radius 2 is 1.70 bits per heavy atom. The van der Waals surface area contributed by atoms with Crippen LogP contribution in [-0.4, -0.2) is 34.9 Å². The summed E-state index contributed by atoms with van der Waals surface area (Å²) in [5.41, 5.74) is 5.49. The van der Waals surface area contributed by atoms with Crippen molar-refractivity contribution < 1.29 is 10.0 Å². The third-order valence-corrected chi connectivity index (χ3v) is 5.94. The van der Waals surface area contributed by atoms with Crippen molar-refractivity contribution in [1.82, 2.24) is 4.90 Å². The standard InChI is InChI=1S/C15H25N3O2/c1-9(13(16)17-20)18(2)14(19)15-6-10-3-11(7-15)5-12(4-10)8-15/h9-12,20H,3-8H2,1-2H3,(H2,16,17). The van der Waals surface area contributed by atoms with Gasteiger partial charge in [-0.1, -0.05) is 5.16 Å². The molecule has 4 bridgehead atoms. The number of carbonyl (C=O) groups is 1. The van der Waals surface area contributed by atoms with Crippen LogP contribution < -0.4 is 5.73 Å². The largest absolute Gasteiger partial charge is 0.409 e. The predicted octanol–water partition coefficient (Wildman–Crippen LogP) is 1.80. The van der Waals surface area contributed by atoms with Crippen molar-refractivity contribution in [3.63, 3.8) is 0 Å². The number of oxime groups is 1. The molecule has 0 spiro atoms. The molecule has 4 fully saturated rings. The van der Waals surface area contributed by atoms with E-state index in [9.17, 15) is 4.79 Å². The van der Waals surface area contributed by atoms with Gasteiger partial charge in [-0.25, -0.2) is 0 Å². The highest BCUT2D eigenvalue weighted by molar-refractivity contribution is 5.91. The number of likely N-dealkylation sites (N-methyl/N-ethyl adjacent to an activating group) is 1. The maximum absolute atomic E-state index is 13.0. The maximum atomic E-state index is 13.0. The van der Waals surface area contributed by atoms with E-state index in [-0.39, 0.29) is 23.2 Å². The van der Waals surface area contributed by atoms with Crippen LogP contribution in [0.5, 0.6) is 0 Å². The molecule has 0 aliphatic heterocycles. The van der Waals surface area contributed by atoms with Crippen molar-refractivity contribution >= 4 is 11.7 Å². The van der Waals surface area contributed by atoms with Crippen LogP contribution in [0.4, 0.5) is 0 Å². The molecule has 1 amide bonds. The van der Waals surface area contributed by atoms with E-state index in [0.717, 1.165) is 37.0 Å². The Bertz CT molecular complexity index is 411. The van der Waals surface area contributed by atoms with Crippen molar-refractivity contribution in [2.45, 2.75) is 51.5 Å². The lowest BCUT2D eigenvalue weighted by Crippen LogP contribution is -2.56. The average Bonchev–Trinajstić information content (AvgIpc) is 2.42. The molecule has 20 heavy (non-hydrogen) atoms. The number of amides is 1. The fourth-order valence-corrected chi connectivity index (χ4v) is 5.20. The molecule has 1 unspecified atom stereocenters. The van der Waals surface area contributed by atoms with E-state index in [2.05, 4.69) is 5.16 Å². The van der Waals surface area contributed by atoms with Crippen LogP contribution in [0, 0.1) is 23.2 Å². The quantitative estimate of drug-likeness (QED) is 0.358. The van der Waals surface area contributed by atoms with E-state index in [4.69, 9.17) is 10.9 Å². The van der Waals surface area contributed by atoms with Crippen molar-refractivity contribution in [3.05, 3.63) is 0 Å². The van der Waals surface area contributed by atoms with Crippen LogP contribution >= 0.6 is 0 Å². The van der Waals surface area contributed by atoms with Crippen LogP contribution in [0.1, 0.15) is 45.4 Å². The van der Waals surface area contributed by atoms with Crippen molar-refractivity contribution in [3.8, 4) is 0 Å². The molecule has 4 saturated carbocycles. The summed E-state index contributed by atoms with van der Waals surface area (Å²) in [5, 5.41) is 11.8. The second-order valence-electron chi connectivity index (χ2n) is 7.31. The zero-order valence-corrected chi connectivity index (χ0v) is 12.4. The molecule has 1 atom stereocenters. The van der Waals surface area contributed by atoms with Gasteiger partial charge < -0.3 is 15.8 Å². The molecule has 5 nitrogen and oxygen atoms in total. The molecule has 0 heterocycles. The molecule has 0 aromatic rings. The molecule has 4 rings (SSSR count). The Labute approximate surface area is 120 Å². The summed E-state index contributed by atoms with van der Waals surface area (Å²) in [5.74, 6) is 2.55. The van der Waals surface area contributed by atoms with Crippen LogP contribution in [0.2, 0.25) is 0 Å². The van der Waals surface area contributed by atoms with Crippen molar-refractivity contribution in [2.75, 3.05) is 7.05 Å². The second-order valence-corrected chi connectivity index (χ2v) is 7.31. The van der Waals surface area contributed by atoms with Crippen molar-refractivity contribution in [1.29, 1.82) is 0 Å². The zero-order chi connectivity index (χ0) is 14.5. The van der Waals surface area contributed by atoms with Crippen LogP contribution in [0.3, 0.4) is 0 Å². The Hall–Kier alpha value is -1.26. The van der Waals surface area contributed by atoms with Crippen LogP contribution in [0.25, 0.3) is 0 Å². The number of carbonyl (C=O) groups excluding carboxylic acids is 1. The molecule has 112 valence electrons. The second kappa shape index (κ2) is 4.64. The Morgan fingerprint density at radius 3 is 2.10 bits per heavy atom. The third-order valence-electron chi connectivity index (χ3n) is 5.94. The van der Waals surface area contributed by atoms with Crippen molar-refractivity contribution in [2.24, 2.45) is 34.1 Å². The van der Waals surface area contributed by atoms with Gasteiger partial charge in [0, 0.05) is 7.05 Å². The first kappa shape index (κ1) is 13.7. The van der Waals surface area contributed by atoms with E-state index >= 15 is 0 Å². The zero-order valence-electron chi connectivity index (χ0n) is 12.4. The average molecular weight is 279 g/mol. The SMILES string of the molecule is CC(C(N)=NO)N(C)C(=O)C12CC3CC(CC(C3)C1)C2. The normalized spacial score (nSPS) is 40.7. The van der Waals surface area contributed by atoms with Gasteiger partial charge in [-0.15, -0.1) is 0 Å². The highest BCUT2D eigenvalue weighted by Gasteiger charge is 2.55. The van der Waals surface area contributed by atoms with Crippen LogP contribution in [0.15, 0.2) is 5.16 Å². The Morgan fingerprint density at radius 1 is 1.25 bits per heavy atom. The minimum atomic E-state index is -0.347. The number of nitrogens with zero attached hydrogens (tertiary/aromatic N) is 2. The lowest BCUT2D eigenvalue weighted by molar-refractivity contribution is -0.157. The lowest BCUT2D eigenvalue weighted by Gasteiger charge is -2.56. The summed E-state index contributed by atoms with van der Waals surface area (Å²) in [6.07, 6.45) is 7.12. The predicted molar refractivity (Wildman–Crippen MR) is 76.2 cm³/mol. The topological polar surface area (TPSA) is 78.9 Å². The highest BCUT2D eigenvalue weighted by Crippen LogP contribution is 2.60. The highest BCUT2D eigenvalue weighted by atomic mass is 16.4. The number of hydrogen-bond acceptors (Lipinski definition) is 3. The van der Waals surface area contributed by atoms with E-state index in [0.29, 0.717) is 0 Å². The molecule has 0 radical (unpaired) electrons. The van der Waals surface area contributed by atoms with Crippen LogP contribution in [-0.2, 0) is 4.79 Å². The van der Waals surface area contributed by atoms with Gasteiger partial charge in [-0.2, -0.15) is 0 Å². The first-order valence-corrected chi connectivity index (χ1v) is 7.70. The summed E-state index contributed by atoms with van der Waals surface area (Å²) >= 11 is 0. The van der Waals surface area contributed by atoms with Gasteiger partial charge in [0.2, 0.25) is 5.91 Å². The summed E-state index contributed by atoms with van der Waals surface area (Å²) in [6.45, 7) is 1.81. The van der Waals surface area contributed by atoms with E-state index in [1.165, 1.54) is 19.3 Å². The fraction of sp³-hybridized carbons (Fsp3) is 0.867. The van der Waals surface area contributed by atoms with Gasteiger partial charge in [0.05, 0.1) is 11.5 Å². The first-order valence-electron chi connectivity index (χ1n) is 7.70.